The number of hydrogen-bond donors (Lipinski definition) is 2. The van der Waals surface area contributed by atoms with Gasteiger partial charge in [-0.1, -0.05) is 50.9 Å². The van der Waals surface area contributed by atoms with Crippen molar-refractivity contribution in [1.82, 2.24) is 19.9 Å². The second-order valence-electron chi connectivity index (χ2n) is 6.00. The van der Waals surface area contributed by atoms with Crippen molar-refractivity contribution in [3.8, 4) is 0 Å². The van der Waals surface area contributed by atoms with Crippen LogP contribution in [0.4, 0.5) is 0 Å². The molecule has 0 aliphatic heterocycles. The quantitative estimate of drug-likeness (QED) is 0.371. The summed E-state index contributed by atoms with van der Waals surface area (Å²) in [5, 5.41) is 1.43. The van der Waals surface area contributed by atoms with Crippen molar-refractivity contribution in [2.45, 2.75) is 40.5 Å². The predicted molar refractivity (Wildman–Crippen MR) is 112 cm³/mol. The molecule has 2 aromatic carbocycles. The summed E-state index contributed by atoms with van der Waals surface area (Å²) < 4.78 is 0. The van der Waals surface area contributed by atoms with Crippen molar-refractivity contribution in [3.05, 3.63) is 58.1 Å². The number of aromatic nitrogens is 4. The molecule has 4 aromatic rings. The zero-order valence-electron chi connectivity index (χ0n) is 15.7. The Bertz CT molecular complexity index is 986. The lowest BCUT2D eigenvalue weighted by atomic mass is 10.0. The fraction of sp³-hybridized carbons (Fsp3) is 0.300. The summed E-state index contributed by atoms with van der Waals surface area (Å²) in [4.78, 5) is 14.3. The smallest absolute Gasteiger partial charge is 0.107 e. The van der Waals surface area contributed by atoms with E-state index in [4.69, 9.17) is 23.2 Å². The van der Waals surface area contributed by atoms with Crippen LogP contribution in [0.5, 0.6) is 0 Å². The number of H-pyrrole nitrogens is 2. The Morgan fingerprint density at radius 2 is 1.31 bits per heavy atom. The number of fused-ring (bicyclic) bond motifs is 2. The van der Waals surface area contributed by atoms with Gasteiger partial charge in [-0.05, 0) is 48.2 Å². The van der Waals surface area contributed by atoms with Gasteiger partial charge in [-0.2, -0.15) is 0 Å². The Morgan fingerprint density at radius 1 is 0.808 bits per heavy atom. The molecule has 6 heteroatoms. The first-order valence-corrected chi connectivity index (χ1v) is 9.43. The molecule has 0 atom stereocenters. The van der Waals surface area contributed by atoms with Gasteiger partial charge in [-0.25, -0.2) is 9.97 Å². The highest BCUT2D eigenvalue weighted by Crippen LogP contribution is 2.26. The zero-order chi connectivity index (χ0) is 19.3. The third-order valence-electron chi connectivity index (χ3n) is 3.79. The highest BCUT2D eigenvalue weighted by atomic mass is 35.5. The lowest BCUT2D eigenvalue weighted by molar-refractivity contribution is 0.868. The molecular weight excluding hydrogens is 367 g/mol. The van der Waals surface area contributed by atoms with Gasteiger partial charge in [0.15, 0.2) is 0 Å². The van der Waals surface area contributed by atoms with E-state index in [1.165, 1.54) is 5.56 Å². The first-order valence-electron chi connectivity index (χ1n) is 8.67. The number of aryl methyl sites for hydroxylation is 1. The standard InChI is InChI=1S/C10H11ClN2.C8H7ClN2.C2H6/c1-6(2)7-3-8(11)10-9(4-7)12-5-13-10;1-5-2-6(9)8-7(3-5)10-4-11-8;1-2/h3-6H,1-2H3,(H,12,13);2-4H,1H3,(H,10,11);1-2H3. The molecular formula is C20H24Cl2N4. The Morgan fingerprint density at radius 3 is 1.85 bits per heavy atom. The van der Waals surface area contributed by atoms with Crippen molar-refractivity contribution < 1.29 is 0 Å². The molecule has 138 valence electrons. The van der Waals surface area contributed by atoms with Crippen LogP contribution in [0, 0.1) is 6.92 Å². The lowest BCUT2D eigenvalue weighted by Gasteiger charge is -2.05. The predicted octanol–water partition coefficient (Wildman–Crippen LogP) is 6.89. The molecule has 4 rings (SSSR count). The van der Waals surface area contributed by atoms with Crippen LogP contribution in [0.3, 0.4) is 0 Å². The minimum absolute atomic E-state index is 0.491. The van der Waals surface area contributed by atoms with Gasteiger partial charge in [-0.15, -0.1) is 0 Å². The molecule has 0 bridgehead atoms. The number of hydrogen-bond acceptors (Lipinski definition) is 2. The fourth-order valence-electron chi connectivity index (χ4n) is 2.50. The number of rotatable bonds is 1. The largest absolute Gasteiger partial charge is 0.345 e. The van der Waals surface area contributed by atoms with Gasteiger partial charge in [0.1, 0.15) is 11.0 Å². The highest BCUT2D eigenvalue weighted by molar-refractivity contribution is 6.35. The fourth-order valence-corrected chi connectivity index (χ4v) is 3.10. The molecule has 0 fully saturated rings. The monoisotopic (exact) mass is 390 g/mol. The van der Waals surface area contributed by atoms with Crippen LogP contribution in [0.25, 0.3) is 22.1 Å². The van der Waals surface area contributed by atoms with Gasteiger partial charge >= 0.3 is 0 Å². The van der Waals surface area contributed by atoms with Crippen molar-refractivity contribution in [2.75, 3.05) is 0 Å². The van der Waals surface area contributed by atoms with E-state index in [0.717, 1.165) is 32.7 Å². The Balaban J connectivity index is 0.000000173. The number of nitrogens with one attached hydrogen (secondary N) is 2. The normalized spacial score (nSPS) is 10.5. The maximum Gasteiger partial charge on any atom is 0.107 e. The van der Waals surface area contributed by atoms with Gasteiger partial charge < -0.3 is 9.97 Å². The second kappa shape index (κ2) is 9.06. The molecule has 4 nitrogen and oxygen atoms in total. The average Bonchev–Trinajstić information content (AvgIpc) is 3.26. The van der Waals surface area contributed by atoms with Crippen LogP contribution in [0.1, 0.15) is 44.7 Å². The summed E-state index contributed by atoms with van der Waals surface area (Å²) in [5.74, 6) is 0.491. The average molecular weight is 391 g/mol. The van der Waals surface area contributed by atoms with Gasteiger partial charge in [0.05, 0.1) is 33.7 Å². The minimum Gasteiger partial charge on any atom is -0.345 e. The summed E-state index contributed by atoms with van der Waals surface area (Å²) in [6.07, 6.45) is 3.32. The molecule has 0 aliphatic carbocycles. The van der Waals surface area contributed by atoms with E-state index < -0.39 is 0 Å². The number of aromatic amines is 2. The van der Waals surface area contributed by atoms with Crippen LogP contribution in [-0.2, 0) is 0 Å². The van der Waals surface area contributed by atoms with Crippen molar-refractivity contribution >= 4 is 45.3 Å². The molecule has 0 spiro atoms. The van der Waals surface area contributed by atoms with Crippen LogP contribution < -0.4 is 0 Å². The highest BCUT2D eigenvalue weighted by Gasteiger charge is 2.06. The Labute approximate surface area is 164 Å². The van der Waals surface area contributed by atoms with E-state index in [9.17, 15) is 0 Å². The van der Waals surface area contributed by atoms with Crippen molar-refractivity contribution in [3.63, 3.8) is 0 Å². The summed E-state index contributed by atoms with van der Waals surface area (Å²) >= 11 is 12.0. The van der Waals surface area contributed by atoms with E-state index in [0.29, 0.717) is 10.9 Å². The third kappa shape index (κ3) is 4.57. The maximum atomic E-state index is 6.07. The molecule has 2 aromatic heterocycles. The summed E-state index contributed by atoms with van der Waals surface area (Å²) in [6.45, 7) is 10.3. The Hall–Kier alpha value is -2.04. The maximum absolute atomic E-state index is 6.07. The van der Waals surface area contributed by atoms with E-state index in [1.54, 1.807) is 12.7 Å². The third-order valence-corrected chi connectivity index (χ3v) is 4.36. The zero-order valence-corrected chi connectivity index (χ0v) is 17.2. The van der Waals surface area contributed by atoms with Gasteiger partial charge in [0.2, 0.25) is 0 Å². The summed E-state index contributed by atoms with van der Waals surface area (Å²) in [7, 11) is 0. The lowest BCUT2D eigenvalue weighted by Crippen LogP contribution is -1.87. The molecule has 0 saturated carbocycles. The minimum atomic E-state index is 0.491. The van der Waals surface area contributed by atoms with Crippen LogP contribution >= 0.6 is 23.2 Å². The summed E-state index contributed by atoms with van der Waals surface area (Å²) in [6, 6.07) is 8.01. The number of imidazole rings is 2. The van der Waals surface area contributed by atoms with E-state index in [-0.39, 0.29) is 0 Å². The second-order valence-corrected chi connectivity index (χ2v) is 6.82. The van der Waals surface area contributed by atoms with Gasteiger partial charge in [-0.3, -0.25) is 0 Å². The molecule has 2 heterocycles. The molecule has 0 unspecified atom stereocenters. The number of halogens is 2. The van der Waals surface area contributed by atoms with Gasteiger partial charge in [0, 0.05) is 0 Å². The summed E-state index contributed by atoms with van der Waals surface area (Å²) in [5.41, 5.74) is 6.09. The first-order chi connectivity index (χ1) is 12.5. The molecule has 0 saturated heterocycles. The molecule has 26 heavy (non-hydrogen) atoms. The number of nitrogens with zero attached hydrogens (tertiary/aromatic N) is 2. The topological polar surface area (TPSA) is 57.4 Å². The van der Waals surface area contributed by atoms with E-state index >= 15 is 0 Å². The van der Waals surface area contributed by atoms with Crippen LogP contribution in [-0.4, -0.2) is 19.9 Å². The van der Waals surface area contributed by atoms with Crippen molar-refractivity contribution in [1.29, 1.82) is 0 Å². The Kier molecular flexibility index (Phi) is 7.06. The molecule has 0 radical (unpaired) electrons. The van der Waals surface area contributed by atoms with E-state index in [1.807, 2.05) is 39.0 Å². The van der Waals surface area contributed by atoms with Gasteiger partial charge in [0.25, 0.3) is 0 Å². The van der Waals surface area contributed by atoms with Crippen LogP contribution in [0.15, 0.2) is 36.9 Å². The number of benzene rings is 2. The van der Waals surface area contributed by atoms with Crippen LogP contribution in [0.2, 0.25) is 10.0 Å². The molecule has 2 N–H and O–H groups in total. The van der Waals surface area contributed by atoms with Crippen molar-refractivity contribution in [2.24, 2.45) is 0 Å². The first kappa shape index (κ1) is 20.3. The SMILES string of the molecule is CC.CC(C)c1cc(Cl)c2nc[nH]c2c1.Cc1cc(Cl)c2nc[nH]c2c1. The molecule has 0 amide bonds. The van der Waals surface area contributed by atoms with E-state index in [2.05, 4.69) is 39.8 Å². The molecule has 0 aliphatic rings.